The predicted molar refractivity (Wildman–Crippen MR) is 77.9 cm³/mol. The number of amides is 1. The third-order valence-corrected chi connectivity index (χ3v) is 4.19. The van der Waals surface area contributed by atoms with E-state index in [9.17, 15) is 4.79 Å². The zero-order valence-corrected chi connectivity index (χ0v) is 12.5. The Morgan fingerprint density at radius 2 is 2.05 bits per heavy atom. The Balaban J connectivity index is 2.34. The van der Waals surface area contributed by atoms with Crippen LogP contribution in [-0.4, -0.2) is 31.7 Å². The summed E-state index contributed by atoms with van der Waals surface area (Å²) in [4.78, 5) is 12.1. The molecule has 3 N–H and O–H groups in total. The Kier molecular flexibility index (Phi) is 8.07. The van der Waals surface area contributed by atoms with Crippen LogP contribution in [0.2, 0.25) is 0 Å². The topological polar surface area (TPSA) is 64.4 Å². The SMILES string of the molecule is CCC(NC(=O)C(N)CCCOC)C1CCCCC1. The largest absolute Gasteiger partial charge is 0.385 e. The number of nitrogens with two attached hydrogens (primary N) is 1. The van der Waals surface area contributed by atoms with Crippen molar-refractivity contribution in [2.75, 3.05) is 13.7 Å². The van der Waals surface area contributed by atoms with Gasteiger partial charge in [-0.05, 0) is 38.0 Å². The number of nitrogens with one attached hydrogen (secondary N) is 1. The van der Waals surface area contributed by atoms with E-state index in [0.29, 0.717) is 25.0 Å². The Morgan fingerprint density at radius 1 is 1.37 bits per heavy atom. The number of hydrogen-bond donors (Lipinski definition) is 2. The Bertz CT molecular complexity index is 253. The van der Waals surface area contributed by atoms with Crippen LogP contribution in [0.1, 0.15) is 58.3 Å². The molecule has 1 saturated carbocycles. The van der Waals surface area contributed by atoms with Crippen molar-refractivity contribution in [1.29, 1.82) is 0 Å². The summed E-state index contributed by atoms with van der Waals surface area (Å²) in [5, 5.41) is 3.16. The van der Waals surface area contributed by atoms with E-state index >= 15 is 0 Å². The fourth-order valence-corrected chi connectivity index (χ4v) is 2.96. The van der Waals surface area contributed by atoms with Crippen LogP contribution in [0.25, 0.3) is 0 Å². The first-order valence-electron chi connectivity index (χ1n) is 7.74. The average molecular weight is 270 g/mol. The molecular formula is C15H30N2O2. The van der Waals surface area contributed by atoms with Gasteiger partial charge in [-0.3, -0.25) is 4.79 Å². The zero-order valence-electron chi connectivity index (χ0n) is 12.5. The highest BCUT2D eigenvalue weighted by Crippen LogP contribution is 2.27. The van der Waals surface area contributed by atoms with E-state index < -0.39 is 6.04 Å². The van der Waals surface area contributed by atoms with Gasteiger partial charge in [0, 0.05) is 19.8 Å². The molecule has 1 rings (SSSR count). The maximum Gasteiger partial charge on any atom is 0.237 e. The molecule has 1 fully saturated rings. The zero-order chi connectivity index (χ0) is 14.1. The Labute approximate surface area is 117 Å². The predicted octanol–water partition coefficient (Wildman–Crippen LogP) is 2.22. The molecule has 4 nitrogen and oxygen atoms in total. The van der Waals surface area contributed by atoms with Crippen molar-refractivity contribution in [1.82, 2.24) is 5.32 Å². The van der Waals surface area contributed by atoms with E-state index in [1.165, 1.54) is 32.1 Å². The van der Waals surface area contributed by atoms with Crippen LogP contribution in [-0.2, 0) is 9.53 Å². The first kappa shape index (κ1) is 16.4. The number of carbonyl (C=O) groups excluding carboxylic acids is 1. The molecule has 2 unspecified atom stereocenters. The van der Waals surface area contributed by atoms with Gasteiger partial charge in [0.2, 0.25) is 5.91 Å². The first-order valence-corrected chi connectivity index (χ1v) is 7.74. The molecule has 19 heavy (non-hydrogen) atoms. The van der Waals surface area contributed by atoms with Gasteiger partial charge in [0.05, 0.1) is 6.04 Å². The highest BCUT2D eigenvalue weighted by atomic mass is 16.5. The Morgan fingerprint density at radius 3 is 2.63 bits per heavy atom. The summed E-state index contributed by atoms with van der Waals surface area (Å²) >= 11 is 0. The summed E-state index contributed by atoms with van der Waals surface area (Å²) in [6.45, 7) is 2.82. The smallest absolute Gasteiger partial charge is 0.237 e. The van der Waals surface area contributed by atoms with Crippen LogP contribution in [0.15, 0.2) is 0 Å². The fourth-order valence-electron chi connectivity index (χ4n) is 2.96. The van der Waals surface area contributed by atoms with E-state index in [4.69, 9.17) is 10.5 Å². The summed E-state index contributed by atoms with van der Waals surface area (Å²) < 4.78 is 4.98. The van der Waals surface area contributed by atoms with Gasteiger partial charge in [0.1, 0.15) is 0 Å². The molecule has 0 bridgehead atoms. The lowest BCUT2D eigenvalue weighted by Crippen LogP contribution is -2.48. The van der Waals surface area contributed by atoms with Gasteiger partial charge in [-0.1, -0.05) is 26.2 Å². The number of hydrogen-bond acceptors (Lipinski definition) is 3. The normalized spacial score (nSPS) is 19.9. The van der Waals surface area contributed by atoms with Gasteiger partial charge in [0.25, 0.3) is 0 Å². The first-order chi connectivity index (χ1) is 9.19. The highest BCUT2D eigenvalue weighted by Gasteiger charge is 2.25. The quantitative estimate of drug-likeness (QED) is 0.665. The molecule has 0 spiro atoms. The van der Waals surface area contributed by atoms with Gasteiger partial charge in [-0.25, -0.2) is 0 Å². The van der Waals surface area contributed by atoms with Crippen molar-refractivity contribution in [3.05, 3.63) is 0 Å². The molecule has 0 radical (unpaired) electrons. The standard InChI is InChI=1S/C15H30N2O2/c1-3-14(12-8-5-4-6-9-12)17-15(18)13(16)10-7-11-19-2/h12-14H,3-11,16H2,1-2H3,(H,17,18). The summed E-state index contributed by atoms with van der Waals surface area (Å²) in [6, 6.07) is -0.0888. The second-order valence-corrected chi connectivity index (χ2v) is 5.66. The molecule has 0 heterocycles. The lowest BCUT2D eigenvalue weighted by molar-refractivity contribution is -0.123. The minimum absolute atomic E-state index is 0.00789. The van der Waals surface area contributed by atoms with Crippen molar-refractivity contribution < 1.29 is 9.53 Å². The summed E-state index contributed by atoms with van der Waals surface area (Å²) in [5.41, 5.74) is 5.92. The number of carbonyl (C=O) groups is 1. The summed E-state index contributed by atoms with van der Waals surface area (Å²) in [6.07, 6.45) is 8.98. The van der Waals surface area contributed by atoms with Crippen molar-refractivity contribution >= 4 is 5.91 Å². The van der Waals surface area contributed by atoms with Gasteiger partial charge in [0.15, 0.2) is 0 Å². The van der Waals surface area contributed by atoms with Crippen molar-refractivity contribution in [2.45, 2.75) is 70.4 Å². The molecule has 0 aromatic heterocycles. The van der Waals surface area contributed by atoms with Crippen LogP contribution >= 0.6 is 0 Å². The number of ether oxygens (including phenoxy) is 1. The van der Waals surface area contributed by atoms with Crippen molar-refractivity contribution in [2.24, 2.45) is 11.7 Å². The molecule has 2 atom stereocenters. The molecule has 0 aromatic rings. The van der Waals surface area contributed by atoms with E-state index in [0.717, 1.165) is 12.8 Å². The number of methoxy groups -OCH3 is 1. The van der Waals surface area contributed by atoms with Gasteiger partial charge < -0.3 is 15.8 Å². The summed E-state index contributed by atoms with van der Waals surface area (Å²) in [7, 11) is 1.67. The maximum atomic E-state index is 12.1. The van der Waals surface area contributed by atoms with E-state index in [1.807, 2.05) is 0 Å². The van der Waals surface area contributed by atoms with Crippen LogP contribution in [0.5, 0.6) is 0 Å². The molecule has 0 aliphatic heterocycles. The van der Waals surface area contributed by atoms with Gasteiger partial charge in [-0.2, -0.15) is 0 Å². The molecule has 1 aliphatic carbocycles. The Hall–Kier alpha value is -0.610. The third kappa shape index (κ3) is 5.91. The van der Waals surface area contributed by atoms with Crippen LogP contribution < -0.4 is 11.1 Å². The second kappa shape index (κ2) is 9.32. The lowest BCUT2D eigenvalue weighted by atomic mass is 9.83. The molecular weight excluding hydrogens is 240 g/mol. The molecule has 4 heteroatoms. The summed E-state index contributed by atoms with van der Waals surface area (Å²) in [5.74, 6) is 0.655. The lowest BCUT2D eigenvalue weighted by Gasteiger charge is -2.31. The number of rotatable bonds is 8. The minimum Gasteiger partial charge on any atom is -0.385 e. The second-order valence-electron chi connectivity index (χ2n) is 5.66. The molecule has 1 amide bonds. The monoisotopic (exact) mass is 270 g/mol. The van der Waals surface area contributed by atoms with Crippen LogP contribution in [0, 0.1) is 5.92 Å². The molecule has 0 aromatic carbocycles. The van der Waals surface area contributed by atoms with Crippen LogP contribution in [0.3, 0.4) is 0 Å². The van der Waals surface area contributed by atoms with E-state index in [2.05, 4.69) is 12.2 Å². The third-order valence-electron chi connectivity index (χ3n) is 4.19. The maximum absolute atomic E-state index is 12.1. The molecule has 112 valence electrons. The van der Waals surface area contributed by atoms with Crippen molar-refractivity contribution in [3.8, 4) is 0 Å². The molecule has 0 saturated heterocycles. The average Bonchev–Trinajstić information content (AvgIpc) is 2.45. The highest BCUT2D eigenvalue weighted by molar-refractivity contribution is 5.81. The molecule has 1 aliphatic rings. The van der Waals surface area contributed by atoms with Crippen LogP contribution in [0.4, 0.5) is 0 Å². The van der Waals surface area contributed by atoms with Gasteiger partial charge in [-0.15, -0.1) is 0 Å². The van der Waals surface area contributed by atoms with E-state index in [-0.39, 0.29) is 5.91 Å². The van der Waals surface area contributed by atoms with Crippen molar-refractivity contribution in [3.63, 3.8) is 0 Å². The van der Waals surface area contributed by atoms with Gasteiger partial charge >= 0.3 is 0 Å². The minimum atomic E-state index is -0.396. The fraction of sp³-hybridized carbons (Fsp3) is 0.933. The van der Waals surface area contributed by atoms with E-state index in [1.54, 1.807) is 7.11 Å².